The lowest BCUT2D eigenvalue weighted by atomic mass is 9.65. The predicted molar refractivity (Wildman–Crippen MR) is 85.8 cm³/mol. The third kappa shape index (κ3) is 3.85. The first-order valence-corrected chi connectivity index (χ1v) is 8.23. The summed E-state index contributed by atoms with van der Waals surface area (Å²) in [7, 11) is 0. The summed E-state index contributed by atoms with van der Waals surface area (Å²) in [4.78, 5) is 0. The number of halogens is 1. The first kappa shape index (κ1) is 16.5. The van der Waals surface area contributed by atoms with Crippen LogP contribution in [0.5, 0.6) is 0 Å². The van der Waals surface area contributed by atoms with E-state index >= 15 is 0 Å². The number of aryl methyl sites for hydroxylation is 1. The second-order valence-electron chi connectivity index (χ2n) is 7.59. The van der Waals surface area contributed by atoms with Gasteiger partial charge in [-0.3, -0.25) is 0 Å². The van der Waals surface area contributed by atoms with Crippen molar-refractivity contribution in [3.63, 3.8) is 0 Å². The first-order chi connectivity index (χ1) is 9.76. The van der Waals surface area contributed by atoms with Crippen LogP contribution in [0.4, 0.5) is 4.39 Å². The van der Waals surface area contributed by atoms with E-state index < -0.39 is 5.60 Å². The largest absolute Gasteiger partial charge is 0.390 e. The highest BCUT2D eigenvalue weighted by atomic mass is 19.1. The minimum atomic E-state index is -0.654. The SMILES string of the molecule is CCC(C)(C)C1CCC(O)(Cc2cc(F)ccc2C)CC1. The van der Waals surface area contributed by atoms with Crippen LogP contribution in [0.25, 0.3) is 0 Å². The van der Waals surface area contributed by atoms with Crippen molar-refractivity contribution in [3.05, 3.63) is 35.1 Å². The lowest BCUT2D eigenvalue weighted by molar-refractivity contribution is -0.0277. The van der Waals surface area contributed by atoms with Crippen LogP contribution in [0.1, 0.15) is 64.0 Å². The molecule has 21 heavy (non-hydrogen) atoms. The van der Waals surface area contributed by atoms with Gasteiger partial charge >= 0.3 is 0 Å². The molecule has 0 bridgehead atoms. The molecule has 1 aliphatic carbocycles. The normalized spacial score (nSPS) is 26.9. The zero-order chi connectivity index (χ0) is 15.7. The zero-order valence-corrected chi connectivity index (χ0v) is 13.9. The molecular weight excluding hydrogens is 263 g/mol. The summed E-state index contributed by atoms with van der Waals surface area (Å²) in [5, 5.41) is 10.9. The van der Waals surface area contributed by atoms with Crippen molar-refractivity contribution < 1.29 is 9.50 Å². The van der Waals surface area contributed by atoms with Crippen molar-refractivity contribution in [1.29, 1.82) is 0 Å². The molecule has 0 unspecified atom stereocenters. The van der Waals surface area contributed by atoms with Crippen LogP contribution in [0.15, 0.2) is 18.2 Å². The topological polar surface area (TPSA) is 20.2 Å². The second kappa shape index (κ2) is 6.08. The van der Waals surface area contributed by atoms with E-state index in [0.717, 1.165) is 36.8 Å². The van der Waals surface area contributed by atoms with Gasteiger partial charge in [-0.2, -0.15) is 0 Å². The quantitative estimate of drug-likeness (QED) is 0.824. The molecule has 0 spiro atoms. The molecule has 1 aromatic carbocycles. The van der Waals surface area contributed by atoms with Gasteiger partial charge < -0.3 is 5.11 Å². The van der Waals surface area contributed by atoms with E-state index in [4.69, 9.17) is 0 Å². The smallest absolute Gasteiger partial charge is 0.123 e. The van der Waals surface area contributed by atoms with Crippen LogP contribution in [-0.2, 0) is 6.42 Å². The number of benzene rings is 1. The van der Waals surface area contributed by atoms with Crippen molar-refractivity contribution in [2.75, 3.05) is 0 Å². The van der Waals surface area contributed by atoms with E-state index in [2.05, 4.69) is 20.8 Å². The van der Waals surface area contributed by atoms with Gasteiger partial charge in [0.05, 0.1) is 5.60 Å². The minimum absolute atomic E-state index is 0.208. The van der Waals surface area contributed by atoms with Gasteiger partial charge in [0.2, 0.25) is 0 Å². The van der Waals surface area contributed by atoms with Crippen LogP contribution < -0.4 is 0 Å². The summed E-state index contributed by atoms with van der Waals surface area (Å²) in [6, 6.07) is 4.87. The molecule has 2 heteroatoms. The Kier molecular flexibility index (Phi) is 4.77. The summed E-state index contributed by atoms with van der Waals surface area (Å²) >= 11 is 0. The van der Waals surface area contributed by atoms with Gasteiger partial charge in [-0.1, -0.05) is 33.3 Å². The molecule has 0 heterocycles. The van der Waals surface area contributed by atoms with Gasteiger partial charge in [0.1, 0.15) is 5.82 Å². The van der Waals surface area contributed by atoms with E-state index in [-0.39, 0.29) is 5.82 Å². The summed E-state index contributed by atoms with van der Waals surface area (Å²) in [6.45, 7) is 8.90. The van der Waals surface area contributed by atoms with E-state index in [1.54, 1.807) is 12.1 Å². The average molecular weight is 292 g/mol. The molecule has 2 rings (SSSR count). The maximum absolute atomic E-state index is 13.4. The third-order valence-electron chi connectivity index (χ3n) is 5.76. The van der Waals surface area contributed by atoms with E-state index in [0.29, 0.717) is 17.8 Å². The Hall–Kier alpha value is -0.890. The van der Waals surface area contributed by atoms with Crippen molar-refractivity contribution in [3.8, 4) is 0 Å². The molecule has 118 valence electrons. The third-order valence-corrected chi connectivity index (χ3v) is 5.76. The highest BCUT2D eigenvalue weighted by Gasteiger charge is 2.38. The predicted octanol–water partition coefficient (Wildman–Crippen LogP) is 5.03. The fourth-order valence-electron chi connectivity index (χ4n) is 3.59. The Morgan fingerprint density at radius 2 is 1.90 bits per heavy atom. The van der Waals surface area contributed by atoms with Crippen molar-refractivity contribution >= 4 is 0 Å². The number of rotatable bonds is 4. The molecule has 1 aliphatic rings. The van der Waals surface area contributed by atoms with E-state index in [1.807, 2.05) is 6.92 Å². The second-order valence-corrected chi connectivity index (χ2v) is 7.59. The molecule has 1 nitrogen and oxygen atoms in total. The van der Waals surface area contributed by atoms with Crippen molar-refractivity contribution in [2.24, 2.45) is 11.3 Å². The lowest BCUT2D eigenvalue weighted by Crippen LogP contribution is -2.39. The van der Waals surface area contributed by atoms with Crippen LogP contribution in [-0.4, -0.2) is 10.7 Å². The maximum atomic E-state index is 13.4. The Morgan fingerprint density at radius 1 is 1.29 bits per heavy atom. The van der Waals surface area contributed by atoms with E-state index in [9.17, 15) is 9.50 Å². The number of hydrogen-bond donors (Lipinski definition) is 1. The van der Waals surface area contributed by atoms with Crippen LogP contribution in [0, 0.1) is 24.1 Å². The maximum Gasteiger partial charge on any atom is 0.123 e. The summed E-state index contributed by atoms with van der Waals surface area (Å²) in [5.41, 5.74) is 1.72. The molecule has 0 amide bonds. The first-order valence-electron chi connectivity index (χ1n) is 8.23. The van der Waals surface area contributed by atoms with Gasteiger partial charge in [0.15, 0.2) is 0 Å². The standard InChI is InChI=1S/C19H29FO/c1-5-18(3,4)16-8-10-19(21,11-9-16)13-15-12-17(20)7-6-14(15)2/h6-7,12,16,21H,5,8-11,13H2,1-4H3. The zero-order valence-electron chi connectivity index (χ0n) is 13.9. The summed E-state index contributed by atoms with van der Waals surface area (Å²) in [6.07, 6.45) is 5.57. The Balaban J connectivity index is 2.04. The molecule has 1 N–H and O–H groups in total. The molecular formula is C19H29FO. The van der Waals surface area contributed by atoms with Gasteiger partial charge in [0.25, 0.3) is 0 Å². The highest BCUT2D eigenvalue weighted by Crippen LogP contribution is 2.44. The monoisotopic (exact) mass is 292 g/mol. The Labute approximate surface area is 128 Å². The van der Waals surface area contributed by atoms with Gasteiger partial charge in [0, 0.05) is 6.42 Å². The molecule has 0 aliphatic heterocycles. The molecule has 1 fully saturated rings. The molecule has 1 saturated carbocycles. The molecule has 0 saturated heterocycles. The summed E-state index contributed by atoms with van der Waals surface area (Å²) < 4.78 is 13.4. The number of aliphatic hydroxyl groups is 1. The molecule has 0 aromatic heterocycles. The number of hydrogen-bond acceptors (Lipinski definition) is 1. The van der Waals surface area contributed by atoms with Crippen LogP contribution in [0.3, 0.4) is 0 Å². The van der Waals surface area contributed by atoms with Gasteiger partial charge in [-0.25, -0.2) is 4.39 Å². The van der Waals surface area contributed by atoms with Crippen molar-refractivity contribution in [1.82, 2.24) is 0 Å². The van der Waals surface area contributed by atoms with Gasteiger partial charge in [-0.15, -0.1) is 0 Å². The average Bonchev–Trinajstić information content (AvgIpc) is 2.43. The molecule has 1 aromatic rings. The highest BCUT2D eigenvalue weighted by molar-refractivity contribution is 5.28. The van der Waals surface area contributed by atoms with E-state index in [1.165, 1.54) is 12.5 Å². The van der Waals surface area contributed by atoms with Crippen LogP contribution >= 0.6 is 0 Å². The Morgan fingerprint density at radius 3 is 2.48 bits per heavy atom. The molecule has 0 radical (unpaired) electrons. The minimum Gasteiger partial charge on any atom is -0.390 e. The van der Waals surface area contributed by atoms with Crippen LogP contribution in [0.2, 0.25) is 0 Å². The lowest BCUT2D eigenvalue weighted by Gasteiger charge is -2.42. The fourth-order valence-corrected chi connectivity index (χ4v) is 3.59. The van der Waals surface area contributed by atoms with Gasteiger partial charge in [-0.05, 0) is 67.2 Å². The van der Waals surface area contributed by atoms with Crippen molar-refractivity contribution in [2.45, 2.75) is 71.8 Å². The Bertz CT molecular complexity index is 484. The summed E-state index contributed by atoms with van der Waals surface area (Å²) in [5.74, 6) is 0.483. The molecule has 0 atom stereocenters. The fraction of sp³-hybridized carbons (Fsp3) is 0.684.